The summed E-state index contributed by atoms with van der Waals surface area (Å²) in [5, 5.41) is 3.29. The molecular weight excluding hydrogens is 414 g/mol. The van der Waals surface area contributed by atoms with Crippen molar-refractivity contribution in [2.75, 3.05) is 36.4 Å². The van der Waals surface area contributed by atoms with Gasteiger partial charge in [0.2, 0.25) is 5.95 Å². The summed E-state index contributed by atoms with van der Waals surface area (Å²) < 4.78 is 0. The zero-order valence-electron chi connectivity index (χ0n) is 18.7. The van der Waals surface area contributed by atoms with Gasteiger partial charge >= 0.3 is 0 Å². The van der Waals surface area contributed by atoms with E-state index in [1.807, 2.05) is 48.2 Å². The minimum Gasteiger partial charge on any atom is -0.353 e. The molecule has 1 amide bonds. The lowest BCUT2D eigenvalue weighted by molar-refractivity contribution is 0.0746. The number of anilines is 3. The molecule has 0 radical (unpaired) electrons. The van der Waals surface area contributed by atoms with Crippen LogP contribution in [0, 0.1) is 13.8 Å². The van der Waals surface area contributed by atoms with Crippen LogP contribution in [-0.4, -0.2) is 56.9 Å². The fourth-order valence-electron chi connectivity index (χ4n) is 3.95. The molecule has 0 bridgehead atoms. The highest BCUT2D eigenvalue weighted by molar-refractivity contribution is 5.97. The molecule has 8 heteroatoms. The van der Waals surface area contributed by atoms with Gasteiger partial charge in [0.15, 0.2) is 0 Å². The molecule has 1 saturated heterocycles. The van der Waals surface area contributed by atoms with Gasteiger partial charge in [-0.15, -0.1) is 0 Å². The Morgan fingerprint density at radius 2 is 1.58 bits per heavy atom. The highest BCUT2D eigenvalue weighted by atomic mass is 16.2. The number of fused-ring (bicyclic) bond motifs is 1. The van der Waals surface area contributed by atoms with E-state index in [9.17, 15) is 4.79 Å². The number of carbonyl (C=O) groups is 1. The molecule has 1 aliphatic rings. The van der Waals surface area contributed by atoms with E-state index >= 15 is 0 Å². The molecular formula is C25H25N7O. The Hall–Kier alpha value is -4.07. The molecule has 0 spiro atoms. The van der Waals surface area contributed by atoms with E-state index in [1.165, 1.54) is 5.56 Å². The molecule has 0 atom stereocenters. The van der Waals surface area contributed by atoms with E-state index in [0.717, 1.165) is 28.2 Å². The number of benzene rings is 2. The van der Waals surface area contributed by atoms with E-state index in [4.69, 9.17) is 4.98 Å². The maximum absolute atomic E-state index is 13.0. The van der Waals surface area contributed by atoms with Crippen LogP contribution in [-0.2, 0) is 0 Å². The number of hydrogen-bond acceptors (Lipinski definition) is 7. The summed E-state index contributed by atoms with van der Waals surface area (Å²) in [5.74, 6) is 1.46. The van der Waals surface area contributed by atoms with E-state index in [-0.39, 0.29) is 5.91 Å². The third kappa shape index (κ3) is 4.59. The van der Waals surface area contributed by atoms with Crippen molar-refractivity contribution in [3.8, 4) is 0 Å². The number of nitrogens with one attached hydrogen (secondary N) is 1. The molecule has 3 heterocycles. The topological polar surface area (TPSA) is 87.1 Å². The maximum atomic E-state index is 13.0. The average molecular weight is 440 g/mol. The van der Waals surface area contributed by atoms with Crippen LogP contribution in [0.15, 0.2) is 60.9 Å². The van der Waals surface area contributed by atoms with Crippen molar-refractivity contribution in [1.82, 2.24) is 24.8 Å². The molecule has 0 unspecified atom stereocenters. The second-order valence-electron chi connectivity index (χ2n) is 8.22. The van der Waals surface area contributed by atoms with Crippen LogP contribution < -0.4 is 10.2 Å². The first-order valence-electron chi connectivity index (χ1n) is 11.0. The Kier molecular flexibility index (Phi) is 5.56. The molecule has 1 fully saturated rings. The van der Waals surface area contributed by atoms with Crippen LogP contribution in [0.2, 0.25) is 0 Å². The number of rotatable bonds is 4. The number of aryl methyl sites for hydroxylation is 2. The monoisotopic (exact) mass is 439 g/mol. The molecule has 166 valence electrons. The molecule has 2 aromatic carbocycles. The molecule has 0 aliphatic carbocycles. The SMILES string of the molecule is Cc1ccc(Nc2nc(C)cc(N3CCN(C(=O)c4ccc5nccnc5c4)CC3)n2)cc1. The van der Waals surface area contributed by atoms with Crippen molar-refractivity contribution in [2.24, 2.45) is 0 Å². The molecule has 1 aliphatic heterocycles. The lowest BCUT2D eigenvalue weighted by atomic mass is 10.1. The van der Waals surface area contributed by atoms with Gasteiger partial charge in [-0.2, -0.15) is 4.98 Å². The molecule has 33 heavy (non-hydrogen) atoms. The normalized spacial score (nSPS) is 13.9. The van der Waals surface area contributed by atoms with Gasteiger partial charge in [-0.1, -0.05) is 17.7 Å². The Morgan fingerprint density at radius 3 is 2.33 bits per heavy atom. The van der Waals surface area contributed by atoms with Crippen LogP contribution >= 0.6 is 0 Å². The average Bonchev–Trinajstić information content (AvgIpc) is 2.84. The number of amides is 1. The summed E-state index contributed by atoms with van der Waals surface area (Å²) in [4.78, 5) is 35.0. The molecule has 2 aromatic heterocycles. The Morgan fingerprint density at radius 1 is 0.848 bits per heavy atom. The first-order chi connectivity index (χ1) is 16.0. The summed E-state index contributed by atoms with van der Waals surface area (Å²) >= 11 is 0. The van der Waals surface area contributed by atoms with Crippen molar-refractivity contribution in [2.45, 2.75) is 13.8 Å². The van der Waals surface area contributed by atoms with Crippen LogP contribution in [0.1, 0.15) is 21.6 Å². The van der Waals surface area contributed by atoms with Crippen LogP contribution in [0.25, 0.3) is 11.0 Å². The number of piperazine rings is 1. The lowest BCUT2D eigenvalue weighted by Gasteiger charge is -2.35. The van der Waals surface area contributed by atoms with Crippen LogP contribution in [0.3, 0.4) is 0 Å². The molecule has 1 N–H and O–H groups in total. The van der Waals surface area contributed by atoms with E-state index in [1.54, 1.807) is 12.4 Å². The van der Waals surface area contributed by atoms with E-state index in [0.29, 0.717) is 37.7 Å². The van der Waals surface area contributed by atoms with Gasteiger partial charge < -0.3 is 15.1 Å². The van der Waals surface area contributed by atoms with E-state index in [2.05, 4.69) is 44.2 Å². The first kappa shape index (κ1) is 20.8. The molecule has 0 saturated carbocycles. The lowest BCUT2D eigenvalue weighted by Crippen LogP contribution is -2.49. The van der Waals surface area contributed by atoms with Gasteiger partial charge in [-0.25, -0.2) is 4.98 Å². The summed E-state index contributed by atoms with van der Waals surface area (Å²) in [6.07, 6.45) is 3.29. The zero-order valence-corrected chi connectivity index (χ0v) is 18.7. The summed E-state index contributed by atoms with van der Waals surface area (Å²) in [6.45, 7) is 6.69. The van der Waals surface area contributed by atoms with Gasteiger partial charge in [0.05, 0.1) is 11.0 Å². The number of hydrogen-bond donors (Lipinski definition) is 1. The molecule has 4 aromatic rings. The predicted octanol–water partition coefficient (Wildman–Crippen LogP) is 3.74. The van der Waals surface area contributed by atoms with Gasteiger partial charge in [0, 0.05) is 61.6 Å². The third-order valence-electron chi connectivity index (χ3n) is 5.76. The van der Waals surface area contributed by atoms with Crippen LogP contribution in [0.4, 0.5) is 17.5 Å². The smallest absolute Gasteiger partial charge is 0.254 e. The van der Waals surface area contributed by atoms with Gasteiger partial charge in [-0.3, -0.25) is 14.8 Å². The van der Waals surface area contributed by atoms with Gasteiger partial charge in [-0.05, 0) is 44.2 Å². The number of nitrogens with zero attached hydrogens (tertiary/aromatic N) is 6. The Labute approximate surface area is 192 Å². The third-order valence-corrected chi connectivity index (χ3v) is 5.76. The largest absolute Gasteiger partial charge is 0.353 e. The van der Waals surface area contributed by atoms with Crippen molar-refractivity contribution < 1.29 is 4.79 Å². The van der Waals surface area contributed by atoms with E-state index < -0.39 is 0 Å². The summed E-state index contributed by atoms with van der Waals surface area (Å²) in [7, 11) is 0. The summed E-state index contributed by atoms with van der Waals surface area (Å²) in [5.41, 5.74) is 5.20. The number of aromatic nitrogens is 4. The van der Waals surface area contributed by atoms with Crippen molar-refractivity contribution in [3.63, 3.8) is 0 Å². The summed E-state index contributed by atoms with van der Waals surface area (Å²) in [6, 6.07) is 15.6. The molecule has 5 rings (SSSR count). The predicted molar refractivity (Wildman–Crippen MR) is 129 cm³/mol. The highest BCUT2D eigenvalue weighted by Gasteiger charge is 2.23. The fourth-order valence-corrected chi connectivity index (χ4v) is 3.95. The Bertz CT molecular complexity index is 1300. The van der Waals surface area contributed by atoms with Gasteiger partial charge in [0.25, 0.3) is 5.91 Å². The first-order valence-corrected chi connectivity index (χ1v) is 11.0. The van der Waals surface area contributed by atoms with Crippen molar-refractivity contribution >= 4 is 34.4 Å². The fraction of sp³-hybridized carbons (Fsp3) is 0.240. The van der Waals surface area contributed by atoms with Crippen molar-refractivity contribution in [1.29, 1.82) is 0 Å². The quantitative estimate of drug-likeness (QED) is 0.518. The minimum absolute atomic E-state index is 0.0165. The second-order valence-corrected chi connectivity index (χ2v) is 8.22. The zero-order chi connectivity index (χ0) is 22.8. The van der Waals surface area contributed by atoms with Crippen LogP contribution in [0.5, 0.6) is 0 Å². The Balaban J connectivity index is 1.27. The highest BCUT2D eigenvalue weighted by Crippen LogP contribution is 2.21. The number of carbonyl (C=O) groups excluding carboxylic acids is 1. The minimum atomic E-state index is 0.0165. The maximum Gasteiger partial charge on any atom is 0.254 e. The standard InChI is InChI=1S/C25H25N7O/c1-17-3-6-20(7-4-17)29-25-28-18(2)15-23(30-25)31-11-13-32(14-12-31)24(33)19-5-8-21-22(16-19)27-10-9-26-21/h3-10,15-16H,11-14H2,1-2H3,(H,28,29,30). The van der Waals surface area contributed by atoms with Gasteiger partial charge in [0.1, 0.15) is 5.82 Å². The molecule has 8 nitrogen and oxygen atoms in total. The van der Waals surface area contributed by atoms with Crippen molar-refractivity contribution in [3.05, 3.63) is 77.7 Å². The second kappa shape index (κ2) is 8.82.